The standard InChI is InChI=1S/C13H22N2O4/c1-9(11-3-2-8-19-11)14-13(18)15(10-4-5-10)7-6-12(16)17/h9-11H,2-8H2,1H3,(H,14,18)(H,16,17). The molecule has 1 saturated carbocycles. The van der Waals surface area contributed by atoms with Gasteiger partial charge in [-0.1, -0.05) is 0 Å². The Hall–Kier alpha value is -1.30. The predicted molar refractivity (Wildman–Crippen MR) is 68.9 cm³/mol. The van der Waals surface area contributed by atoms with Crippen LogP contribution in [0.1, 0.15) is 39.0 Å². The van der Waals surface area contributed by atoms with Gasteiger partial charge in [-0.05, 0) is 32.6 Å². The molecule has 1 aliphatic carbocycles. The highest BCUT2D eigenvalue weighted by atomic mass is 16.5. The van der Waals surface area contributed by atoms with Crippen molar-refractivity contribution in [2.45, 2.75) is 57.2 Å². The number of aliphatic carboxylic acids is 1. The van der Waals surface area contributed by atoms with E-state index in [0.717, 1.165) is 32.3 Å². The van der Waals surface area contributed by atoms with E-state index in [1.807, 2.05) is 6.92 Å². The van der Waals surface area contributed by atoms with E-state index >= 15 is 0 Å². The van der Waals surface area contributed by atoms with Crippen LogP contribution in [0.3, 0.4) is 0 Å². The fourth-order valence-electron chi connectivity index (χ4n) is 2.42. The van der Waals surface area contributed by atoms with Gasteiger partial charge in [0.15, 0.2) is 0 Å². The third kappa shape index (κ3) is 4.09. The molecule has 2 N–H and O–H groups in total. The van der Waals surface area contributed by atoms with Crippen LogP contribution in [-0.4, -0.2) is 53.3 Å². The van der Waals surface area contributed by atoms with Crippen molar-refractivity contribution in [2.75, 3.05) is 13.2 Å². The van der Waals surface area contributed by atoms with Crippen molar-refractivity contribution in [3.05, 3.63) is 0 Å². The quantitative estimate of drug-likeness (QED) is 0.760. The Balaban J connectivity index is 1.82. The van der Waals surface area contributed by atoms with Gasteiger partial charge < -0.3 is 20.1 Å². The molecule has 1 saturated heterocycles. The molecule has 0 aromatic rings. The molecule has 0 aromatic carbocycles. The van der Waals surface area contributed by atoms with Crippen molar-refractivity contribution < 1.29 is 19.4 Å². The number of ether oxygens (including phenoxy) is 1. The first kappa shape index (κ1) is 14.1. The number of nitrogens with one attached hydrogen (secondary N) is 1. The first-order chi connectivity index (χ1) is 9.08. The third-order valence-electron chi connectivity index (χ3n) is 3.69. The summed E-state index contributed by atoms with van der Waals surface area (Å²) in [4.78, 5) is 24.4. The van der Waals surface area contributed by atoms with Gasteiger partial charge in [0.1, 0.15) is 0 Å². The zero-order chi connectivity index (χ0) is 13.8. The first-order valence-electron chi connectivity index (χ1n) is 6.98. The maximum absolute atomic E-state index is 12.2. The van der Waals surface area contributed by atoms with Crippen molar-refractivity contribution >= 4 is 12.0 Å². The average molecular weight is 270 g/mol. The topological polar surface area (TPSA) is 78.9 Å². The Kier molecular flexibility index (Phi) is 4.63. The molecule has 6 nitrogen and oxygen atoms in total. The molecule has 0 radical (unpaired) electrons. The molecule has 2 aliphatic rings. The molecule has 19 heavy (non-hydrogen) atoms. The maximum atomic E-state index is 12.2. The highest BCUT2D eigenvalue weighted by Crippen LogP contribution is 2.27. The molecule has 2 fully saturated rings. The number of hydrogen-bond donors (Lipinski definition) is 2. The van der Waals surface area contributed by atoms with Crippen LogP contribution in [0.25, 0.3) is 0 Å². The van der Waals surface area contributed by atoms with Gasteiger partial charge in [0, 0.05) is 19.2 Å². The molecule has 1 heterocycles. The van der Waals surface area contributed by atoms with Crippen molar-refractivity contribution in [2.24, 2.45) is 0 Å². The van der Waals surface area contributed by atoms with E-state index < -0.39 is 5.97 Å². The summed E-state index contributed by atoms with van der Waals surface area (Å²) in [7, 11) is 0. The molecular formula is C13H22N2O4. The number of amides is 2. The first-order valence-corrected chi connectivity index (χ1v) is 6.98. The molecule has 0 bridgehead atoms. The van der Waals surface area contributed by atoms with E-state index in [0.29, 0.717) is 0 Å². The summed E-state index contributed by atoms with van der Waals surface area (Å²) in [6.45, 7) is 2.98. The zero-order valence-electron chi connectivity index (χ0n) is 11.3. The molecule has 2 rings (SSSR count). The number of carbonyl (C=O) groups is 2. The van der Waals surface area contributed by atoms with Gasteiger partial charge in [-0.25, -0.2) is 4.79 Å². The fourth-order valence-corrected chi connectivity index (χ4v) is 2.42. The third-order valence-corrected chi connectivity index (χ3v) is 3.69. The lowest BCUT2D eigenvalue weighted by molar-refractivity contribution is -0.137. The molecule has 1 aliphatic heterocycles. The van der Waals surface area contributed by atoms with Crippen LogP contribution in [0.2, 0.25) is 0 Å². The van der Waals surface area contributed by atoms with Crippen molar-refractivity contribution in [1.82, 2.24) is 10.2 Å². The molecule has 108 valence electrons. The fraction of sp³-hybridized carbons (Fsp3) is 0.846. The van der Waals surface area contributed by atoms with Gasteiger partial charge in [0.05, 0.1) is 18.6 Å². The Labute approximate surface area is 113 Å². The lowest BCUT2D eigenvalue weighted by Crippen LogP contribution is -2.49. The number of nitrogens with zero attached hydrogens (tertiary/aromatic N) is 1. The number of urea groups is 1. The summed E-state index contributed by atoms with van der Waals surface area (Å²) in [5.41, 5.74) is 0. The second-order valence-electron chi connectivity index (χ2n) is 5.36. The highest BCUT2D eigenvalue weighted by molar-refractivity contribution is 5.76. The Bertz CT molecular complexity index is 338. The maximum Gasteiger partial charge on any atom is 0.317 e. The van der Waals surface area contributed by atoms with Crippen LogP contribution in [0.5, 0.6) is 0 Å². The van der Waals surface area contributed by atoms with Gasteiger partial charge in [0.2, 0.25) is 0 Å². The molecule has 2 unspecified atom stereocenters. The van der Waals surface area contributed by atoms with E-state index in [1.54, 1.807) is 4.90 Å². The van der Waals surface area contributed by atoms with E-state index in [1.165, 1.54) is 0 Å². The van der Waals surface area contributed by atoms with Crippen LogP contribution in [0.4, 0.5) is 4.79 Å². The number of carboxylic acids is 1. The monoisotopic (exact) mass is 270 g/mol. The predicted octanol–water partition coefficient (Wildman–Crippen LogP) is 1.20. The highest BCUT2D eigenvalue weighted by Gasteiger charge is 2.34. The zero-order valence-corrected chi connectivity index (χ0v) is 11.3. The van der Waals surface area contributed by atoms with Crippen molar-refractivity contribution in [3.8, 4) is 0 Å². The van der Waals surface area contributed by atoms with Crippen LogP contribution in [-0.2, 0) is 9.53 Å². The van der Waals surface area contributed by atoms with Crippen molar-refractivity contribution in [3.63, 3.8) is 0 Å². The summed E-state index contributed by atoms with van der Waals surface area (Å²) in [6, 6.07) is 0.0314. The van der Waals surface area contributed by atoms with Gasteiger partial charge in [-0.15, -0.1) is 0 Å². The molecule has 6 heteroatoms. The summed E-state index contributed by atoms with van der Waals surface area (Å²) in [5, 5.41) is 11.7. The van der Waals surface area contributed by atoms with Crippen LogP contribution in [0, 0.1) is 0 Å². The number of rotatable bonds is 6. The van der Waals surface area contributed by atoms with E-state index in [9.17, 15) is 9.59 Å². The Morgan fingerprint density at radius 1 is 1.42 bits per heavy atom. The smallest absolute Gasteiger partial charge is 0.317 e. The minimum atomic E-state index is -0.870. The summed E-state index contributed by atoms with van der Waals surface area (Å²) in [6.07, 6.45) is 4.04. The van der Waals surface area contributed by atoms with Gasteiger partial charge >= 0.3 is 12.0 Å². The van der Waals surface area contributed by atoms with Crippen LogP contribution >= 0.6 is 0 Å². The summed E-state index contributed by atoms with van der Waals surface area (Å²) < 4.78 is 5.54. The molecular weight excluding hydrogens is 248 g/mol. The van der Waals surface area contributed by atoms with E-state index in [2.05, 4.69) is 5.32 Å². The number of carboxylic acid groups (broad SMARTS) is 1. The number of hydrogen-bond acceptors (Lipinski definition) is 3. The minimum Gasteiger partial charge on any atom is -0.481 e. The summed E-state index contributed by atoms with van der Waals surface area (Å²) in [5.74, 6) is -0.870. The van der Waals surface area contributed by atoms with Crippen molar-refractivity contribution in [1.29, 1.82) is 0 Å². The van der Waals surface area contributed by atoms with E-state index in [4.69, 9.17) is 9.84 Å². The lowest BCUT2D eigenvalue weighted by atomic mass is 10.1. The minimum absolute atomic E-state index is 0.00176. The Morgan fingerprint density at radius 2 is 2.16 bits per heavy atom. The lowest BCUT2D eigenvalue weighted by Gasteiger charge is -2.26. The molecule has 2 atom stereocenters. The second-order valence-corrected chi connectivity index (χ2v) is 5.36. The molecule has 2 amide bonds. The summed E-state index contributed by atoms with van der Waals surface area (Å²) >= 11 is 0. The van der Waals surface area contributed by atoms with Crippen LogP contribution < -0.4 is 5.32 Å². The van der Waals surface area contributed by atoms with Gasteiger partial charge in [0.25, 0.3) is 0 Å². The molecule has 0 aromatic heterocycles. The SMILES string of the molecule is CC(NC(=O)N(CCC(=O)O)C1CC1)C1CCCO1. The molecule has 0 spiro atoms. The van der Waals surface area contributed by atoms with Gasteiger partial charge in [-0.2, -0.15) is 0 Å². The Morgan fingerprint density at radius 3 is 2.68 bits per heavy atom. The van der Waals surface area contributed by atoms with Gasteiger partial charge in [-0.3, -0.25) is 4.79 Å². The normalized spacial score (nSPS) is 23.9. The largest absolute Gasteiger partial charge is 0.481 e. The second kappa shape index (κ2) is 6.23. The average Bonchev–Trinajstić information content (AvgIpc) is 3.03. The van der Waals surface area contributed by atoms with Crippen LogP contribution in [0.15, 0.2) is 0 Å². The van der Waals surface area contributed by atoms with E-state index in [-0.39, 0.29) is 37.2 Å². The number of carbonyl (C=O) groups excluding carboxylic acids is 1.